The monoisotopic (exact) mass is 533 g/mol. The predicted molar refractivity (Wildman–Crippen MR) is 154 cm³/mol. The van der Waals surface area contributed by atoms with Crippen LogP contribution in [0.15, 0.2) is 91.0 Å². The zero-order valence-corrected chi connectivity index (χ0v) is 22.2. The summed E-state index contributed by atoms with van der Waals surface area (Å²) in [4.78, 5) is 36.5. The quantitative estimate of drug-likeness (QED) is 0.240. The first kappa shape index (κ1) is 25.8. The average molecular weight is 534 g/mol. The summed E-state index contributed by atoms with van der Waals surface area (Å²) in [7, 11) is 0. The molecule has 1 atom stereocenters. The highest BCUT2D eigenvalue weighted by molar-refractivity contribution is 6.09. The minimum absolute atomic E-state index is 0.184. The van der Waals surface area contributed by atoms with Crippen LogP contribution >= 0.6 is 0 Å². The number of para-hydroxylation sites is 1. The van der Waals surface area contributed by atoms with Gasteiger partial charge in [-0.3, -0.25) is 9.69 Å². The van der Waals surface area contributed by atoms with Crippen molar-refractivity contribution in [2.24, 2.45) is 0 Å². The Morgan fingerprint density at radius 1 is 0.850 bits per heavy atom. The minimum atomic E-state index is -0.458. The van der Waals surface area contributed by atoms with Gasteiger partial charge in [-0.25, -0.2) is 9.78 Å². The number of ether oxygens (including phenoxy) is 2. The molecule has 3 aromatic carbocycles. The molecular weight excluding hydrogens is 502 g/mol. The lowest BCUT2D eigenvalue weighted by atomic mass is 10.1. The van der Waals surface area contributed by atoms with Crippen molar-refractivity contribution in [1.82, 2.24) is 14.9 Å². The van der Waals surface area contributed by atoms with Gasteiger partial charge in [-0.1, -0.05) is 78.9 Å². The first-order chi connectivity index (χ1) is 19.7. The Labute approximate surface area is 232 Å². The average Bonchev–Trinajstić information content (AvgIpc) is 3.63. The van der Waals surface area contributed by atoms with Crippen LogP contribution in [0.3, 0.4) is 0 Å². The van der Waals surface area contributed by atoms with E-state index in [1.54, 1.807) is 0 Å². The molecule has 7 nitrogen and oxygen atoms in total. The normalized spacial score (nSPS) is 15.4. The molecule has 3 heterocycles. The Kier molecular flexibility index (Phi) is 7.55. The van der Waals surface area contributed by atoms with Gasteiger partial charge in [0.2, 0.25) is 0 Å². The molecule has 1 saturated heterocycles. The number of aromatic amines is 1. The van der Waals surface area contributed by atoms with E-state index in [1.807, 2.05) is 91.0 Å². The maximum Gasteiger partial charge on any atom is 0.357 e. The number of nitrogens with zero attached hydrogens (tertiary/aromatic N) is 2. The minimum Gasteiger partial charge on any atom is -0.460 e. The van der Waals surface area contributed by atoms with E-state index in [0.29, 0.717) is 13.0 Å². The Hall–Kier alpha value is -4.49. The van der Waals surface area contributed by atoms with Crippen molar-refractivity contribution in [3.05, 3.63) is 114 Å². The number of carbonyl (C=O) groups is 2. The Morgan fingerprint density at radius 3 is 2.27 bits per heavy atom. The third-order valence-corrected chi connectivity index (χ3v) is 7.49. The molecule has 0 aliphatic carbocycles. The molecule has 1 fully saturated rings. The van der Waals surface area contributed by atoms with Gasteiger partial charge in [0.1, 0.15) is 24.9 Å². The molecule has 40 heavy (non-hydrogen) atoms. The second kappa shape index (κ2) is 11.7. The second-order valence-corrected chi connectivity index (χ2v) is 10.1. The van der Waals surface area contributed by atoms with Crippen molar-refractivity contribution in [3.63, 3.8) is 0 Å². The second-order valence-electron chi connectivity index (χ2n) is 10.1. The lowest BCUT2D eigenvalue weighted by Crippen LogP contribution is -2.38. The van der Waals surface area contributed by atoms with Gasteiger partial charge in [0.25, 0.3) is 0 Å². The van der Waals surface area contributed by atoms with E-state index in [2.05, 4.69) is 9.88 Å². The SMILES string of the molecule is O=C(OCc1ccccc1)c1cc2c([nH]c3ccccc32)c(CCN2CCC[C@H]2C(=O)OCc2ccccc2)n1. The van der Waals surface area contributed by atoms with Crippen LogP contribution in [0.5, 0.6) is 0 Å². The Bertz CT molecular complexity index is 1630. The fourth-order valence-electron chi connectivity index (χ4n) is 5.43. The molecule has 0 saturated carbocycles. The van der Waals surface area contributed by atoms with E-state index in [4.69, 9.17) is 14.5 Å². The summed E-state index contributed by atoms with van der Waals surface area (Å²) in [6.07, 6.45) is 2.28. The number of fused-ring (bicyclic) bond motifs is 3. The number of nitrogens with one attached hydrogen (secondary N) is 1. The summed E-state index contributed by atoms with van der Waals surface area (Å²) >= 11 is 0. The van der Waals surface area contributed by atoms with E-state index < -0.39 is 5.97 Å². The summed E-state index contributed by atoms with van der Waals surface area (Å²) in [5, 5.41) is 1.97. The van der Waals surface area contributed by atoms with E-state index in [1.165, 1.54) is 0 Å². The molecule has 6 rings (SSSR count). The van der Waals surface area contributed by atoms with Crippen molar-refractivity contribution in [3.8, 4) is 0 Å². The largest absolute Gasteiger partial charge is 0.460 e. The van der Waals surface area contributed by atoms with Crippen LogP contribution in [0.2, 0.25) is 0 Å². The van der Waals surface area contributed by atoms with Gasteiger partial charge in [-0.05, 0) is 42.6 Å². The van der Waals surface area contributed by atoms with Crippen LogP contribution in [-0.2, 0) is 33.9 Å². The molecule has 0 bridgehead atoms. The Balaban J connectivity index is 1.21. The number of aromatic nitrogens is 2. The molecule has 1 aliphatic rings. The maximum absolute atomic E-state index is 13.1. The van der Waals surface area contributed by atoms with Crippen molar-refractivity contribution in [2.45, 2.75) is 38.5 Å². The number of H-pyrrole nitrogens is 1. The summed E-state index contributed by atoms with van der Waals surface area (Å²) in [6, 6.07) is 28.9. The first-order valence-electron chi connectivity index (χ1n) is 13.7. The fourth-order valence-corrected chi connectivity index (χ4v) is 5.43. The number of benzene rings is 3. The third kappa shape index (κ3) is 5.60. The highest BCUT2D eigenvalue weighted by atomic mass is 16.5. The number of likely N-dealkylation sites (tertiary alicyclic amines) is 1. The lowest BCUT2D eigenvalue weighted by Gasteiger charge is -2.23. The van der Waals surface area contributed by atoms with E-state index in [0.717, 1.165) is 58.0 Å². The van der Waals surface area contributed by atoms with E-state index in [-0.39, 0.29) is 30.9 Å². The molecule has 1 N–H and O–H groups in total. The van der Waals surface area contributed by atoms with E-state index in [9.17, 15) is 9.59 Å². The zero-order chi connectivity index (χ0) is 27.3. The third-order valence-electron chi connectivity index (χ3n) is 7.49. The Morgan fingerprint density at radius 2 is 1.52 bits per heavy atom. The molecular formula is C33H31N3O4. The fraction of sp³-hybridized carbons (Fsp3) is 0.242. The summed E-state index contributed by atoms with van der Waals surface area (Å²) in [6.45, 7) is 1.91. The summed E-state index contributed by atoms with van der Waals surface area (Å²) < 4.78 is 11.3. The molecule has 2 aromatic heterocycles. The molecule has 0 unspecified atom stereocenters. The van der Waals surface area contributed by atoms with Crippen LogP contribution in [0.1, 0.15) is 40.2 Å². The van der Waals surface area contributed by atoms with Crippen molar-refractivity contribution in [2.75, 3.05) is 13.1 Å². The van der Waals surface area contributed by atoms with Gasteiger partial charge < -0.3 is 14.5 Å². The molecule has 0 amide bonds. The van der Waals surface area contributed by atoms with E-state index >= 15 is 0 Å². The number of pyridine rings is 1. The lowest BCUT2D eigenvalue weighted by molar-refractivity contribution is -0.150. The van der Waals surface area contributed by atoms with Crippen LogP contribution in [0.4, 0.5) is 0 Å². The number of rotatable bonds is 9. The van der Waals surface area contributed by atoms with Gasteiger partial charge in [0.05, 0.1) is 11.2 Å². The molecule has 0 spiro atoms. The number of esters is 2. The number of hydrogen-bond acceptors (Lipinski definition) is 6. The molecule has 202 valence electrons. The van der Waals surface area contributed by atoms with Gasteiger partial charge >= 0.3 is 11.9 Å². The van der Waals surface area contributed by atoms with Crippen molar-refractivity contribution < 1.29 is 19.1 Å². The maximum atomic E-state index is 13.1. The van der Waals surface area contributed by atoms with Gasteiger partial charge in [0.15, 0.2) is 0 Å². The topological polar surface area (TPSA) is 84.5 Å². The van der Waals surface area contributed by atoms with Gasteiger partial charge in [-0.15, -0.1) is 0 Å². The smallest absolute Gasteiger partial charge is 0.357 e. The number of hydrogen-bond donors (Lipinski definition) is 1. The predicted octanol–water partition coefficient (Wildman–Crippen LogP) is 5.82. The summed E-state index contributed by atoms with van der Waals surface area (Å²) in [5.74, 6) is -0.649. The first-order valence-corrected chi connectivity index (χ1v) is 13.7. The highest BCUT2D eigenvalue weighted by Crippen LogP contribution is 2.29. The zero-order valence-electron chi connectivity index (χ0n) is 22.2. The van der Waals surface area contributed by atoms with Crippen molar-refractivity contribution in [1.29, 1.82) is 0 Å². The van der Waals surface area contributed by atoms with Gasteiger partial charge in [0, 0.05) is 29.3 Å². The standard InChI is InChI=1S/C33H31N3O4/c37-32(39-21-23-10-3-1-4-11-23)29-20-26-25-14-7-8-15-27(25)35-31(26)28(34-29)17-19-36-18-9-16-30(36)33(38)40-22-24-12-5-2-6-13-24/h1-8,10-15,20,30,35H,9,16-19,21-22H2/t30-/m0/s1. The summed E-state index contributed by atoms with van der Waals surface area (Å²) in [5.41, 5.74) is 4.85. The molecule has 0 radical (unpaired) electrons. The van der Waals surface area contributed by atoms with Crippen molar-refractivity contribution >= 4 is 33.7 Å². The van der Waals surface area contributed by atoms with Crippen LogP contribution in [0, 0.1) is 0 Å². The van der Waals surface area contributed by atoms with Crippen LogP contribution in [-0.4, -0.2) is 45.9 Å². The van der Waals surface area contributed by atoms with Crippen LogP contribution in [0.25, 0.3) is 21.8 Å². The highest BCUT2D eigenvalue weighted by Gasteiger charge is 2.32. The molecule has 5 aromatic rings. The number of carbonyl (C=O) groups excluding carboxylic acids is 2. The molecule has 7 heteroatoms. The van der Waals surface area contributed by atoms with Crippen LogP contribution < -0.4 is 0 Å². The molecule has 1 aliphatic heterocycles. The van der Waals surface area contributed by atoms with Gasteiger partial charge in [-0.2, -0.15) is 0 Å².